The van der Waals surface area contributed by atoms with Crippen LogP contribution < -0.4 is 10.2 Å². The molecule has 6 nitrogen and oxygen atoms in total. The van der Waals surface area contributed by atoms with Crippen molar-refractivity contribution in [2.24, 2.45) is 0 Å². The Morgan fingerprint density at radius 3 is 2.37 bits per heavy atom. The van der Waals surface area contributed by atoms with Crippen LogP contribution in [0.5, 0.6) is 0 Å². The van der Waals surface area contributed by atoms with Crippen LogP contribution in [0.2, 0.25) is 0 Å². The van der Waals surface area contributed by atoms with Crippen LogP contribution in [-0.2, 0) is 11.0 Å². The maximum absolute atomic E-state index is 13.9. The zero-order valence-electron chi connectivity index (χ0n) is 20.1. The van der Waals surface area contributed by atoms with Crippen molar-refractivity contribution in [2.75, 3.05) is 11.4 Å². The van der Waals surface area contributed by atoms with Crippen LogP contribution in [0.4, 0.5) is 23.4 Å². The van der Waals surface area contributed by atoms with Crippen molar-refractivity contribution in [3.63, 3.8) is 0 Å². The first kappa shape index (κ1) is 25.2. The van der Waals surface area contributed by atoms with Gasteiger partial charge in [-0.2, -0.15) is 18.3 Å². The standard InChI is InChI=1S/C28H22F4N4O2/c1-2-35-26-22(16-33-36(26)21-9-4-3-5-10-21)23(17-11-13-20(29)14-12-17)24(27(35)38)34-25(37)18-7-6-8-19(15-18)28(30,31)32/h3-16,23-24H,2H2,1H3,(H,34,37). The van der Waals surface area contributed by atoms with Gasteiger partial charge in [0, 0.05) is 23.6 Å². The molecule has 0 radical (unpaired) electrons. The Bertz CT molecular complexity index is 1480. The third kappa shape index (κ3) is 4.53. The highest BCUT2D eigenvalue weighted by Gasteiger charge is 2.44. The number of carbonyl (C=O) groups is 2. The zero-order valence-corrected chi connectivity index (χ0v) is 20.1. The van der Waals surface area contributed by atoms with Crippen LogP contribution in [0, 0.1) is 5.82 Å². The highest BCUT2D eigenvalue weighted by Crippen LogP contribution is 2.41. The number of nitrogens with one attached hydrogen (secondary N) is 1. The second-order valence-corrected chi connectivity index (χ2v) is 8.81. The van der Waals surface area contributed by atoms with E-state index in [2.05, 4.69) is 10.4 Å². The molecule has 2 heterocycles. The fourth-order valence-electron chi connectivity index (χ4n) is 4.75. The molecule has 0 saturated carbocycles. The number of benzene rings is 3. The smallest absolute Gasteiger partial charge is 0.339 e. The number of amides is 2. The van der Waals surface area contributed by atoms with Gasteiger partial charge in [-0.15, -0.1) is 0 Å². The fourth-order valence-corrected chi connectivity index (χ4v) is 4.75. The Balaban J connectivity index is 1.61. The first-order valence-electron chi connectivity index (χ1n) is 11.9. The minimum Gasteiger partial charge on any atom is -0.339 e. The van der Waals surface area contributed by atoms with Crippen LogP contribution in [0.15, 0.2) is 85.1 Å². The van der Waals surface area contributed by atoms with Crippen LogP contribution in [-0.4, -0.2) is 34.2 Å². The number of aromatic nitrogens is 2. The van der Waals surface area contributed by atoms with Gasteiger partial charge in [0.15, 0.2) is 0 Å². The van der Waals surface area contributed by atoms with Crippen molar-refractivity contribution in [3.05, 3.63) is 113 Å². The quantitative estimate of drug-likeness (QED) is 0.361. The van der Waals surface area contributed by atoms with Crippen LogP contribution in [0.1, 0.15) is 39.9 Å². The molecule has 1 aromatic heterocycles. The second kappa shape index (κ2) is 9.77. The van der Waals surface area contributed by atoms with E-state index in [1.807, 2.05) is 30.3 Å². The predicted octanol–water partition coefficient (Wildman–Crippen LogP) is 5.33. The van der Waals surface area contributed by atoms with E-state index in [-0.39, 0.29) is 12.1 Å². The molecular weight excluding hydrogens is 500 g/mol. The molecule has 194 valence electrons. The number of nitrogens with zero attached hydrogens (tertiary/aromatic N) is 3. The topological polar surface area (TPSA) is 67.2 Å². The Morgan fingerprint density at radius 2 is 1.71 bits per heavy atom. The molecule has 4 aromatic rings. The number of halogens is 4. The van der Waals surface area contributed by atoms with Crippen molar-refractivity contribution < 1.29 is 27.2 Å². The number of rotatable bonds is 5. The van der Waals surface area contributed by atoms with E-state index >= 15 is 0 Å². The lowest BCUT2D eigenvalue weighted by Crippen LogP contribution is -2.55. The lowest BCUT2D eigenvalue weighted by Gasteiger charge is -2.38. The number of anilines is 1. The molecule has 2 unspecified atom stereocenters. The number of likely N-dealkylation sites (N-methyl/N-ethyl adjacent to an activating group) is 1. The molecular formula is C28H22F4N4O2. The predicted molar refractivity (Wildman–Crippen MR) is 133 cm³/mol. The maximum atomic E-state index is 13.9. The van der Waals surface area contributed by atoms with E-state index in [9.17, 15) is 27.2 Å². The molecule has 2 atom stereocenters. The van der Waals surface area contributed by atoms with Gasteiger partial charge in [-0.25, -0.2) is 9.07 Å². The van der Waals surface area contributed by atoms with Gasteiger partial charge in [0.05, 0.1) is 17.4 Å². The molecule has 0 fully saturated rings. The van der Waals surface area contributed by atoms with Gasteiger partial charge in [0.2, 0.25) is 0 Å². The molecule has 0 saturated heterocycles. The molecule has 1 N–H and O–H groups in total. The molecule has 38 heavy (non-hydrogen) atoms. The normalized spacial score (nSPS) is 17.3. The maximum Gasteiger partial charge on any atom is 0.416 e. The molecule has 5 rings (SSSR count). The Morgan fingerprint density at radius 1 is 1.00 bits per heavy atom. The number of para-hydroxylation sites is 1. The molecule has 2 amide bonds. The summed E-state index contributed by atoms with van der Waals surface area (Å²) in [5.41, 5.74) is 0.649. The number of carbonyl (C=O) groups excluding carboxylic acids is 2. The number of fused-ring (bicyclic) bond motifs is 1. The summed E-state index contributed by atoms with van der Waals surface area (Å²) in [5, 5.41) is 7.17. The summed E-state index contributed by atoms with van der Waals surface area (Å²) >= 11 is 0. The lowest BCUT2D eigenvalue weighted by atomic mass is 9.82. The van der Waals surface area contributed by atoms with Crippen LogP contribution in [0.3, 0.4) is 0 Å². The van der Waals surface area contributed by atoms with E-state index in [0.29, 0.717) is 22.6 Å². The second-order valence-electron chi connectivity index (χ2n) is 8.81. The summed E-state index contributed by atoms with van der Waals surface area (Å²) in [5.74, 6) is -2.05. The Labute approximate surface area is 215 Å². The number of hydrogen-bond donors (Lipinski definition) is 1. The summed E-state index contributed by atoms with van der Waals surface area (Å²) in [6.07, 6.45) is -3.04. The van der Waals surface area contributed by atoms with E-state index in [1.165, 1.54) is 35.2 Å². The molecule has 0 spiro atoms. The third-order valence-corrected chi connectivity index (χ3v) is 6.51. The van der Waals surface area contributed by atoms with Crippen LogP contribution >= 0.6 is 0 Å². The molecule has 3 aromatic carbocycles. The van der Waals surface area contributed by atoms with Gasteiger partial charge in [0.1, 0.15) is 17.7 Å². The minimum atomic E-state index is -4.63. The monoisotopic (exact) mass is 522 g/mol. The first-order valence-corrected chi connectivity index (χ1v) is 11.9. The van der Waals surface area contributed by atoms with Crippen molar-refractivity contribution in [1.29, 1.82) is 0 Å². The van der Waals surface area contributed by atoms with Gasteiger partial charge in [-0.3, -0.25) is 14.5 Å². The van der Waals surface area contributed by atoms with Gasteiger partial charge in [0.25, 0.3) is 11.8 Å². The summed E-state index contributed by atoms with van der Waals surface area (Å²) in [6.45, 7) is 2.02. The van der Waals surface area contributed by atoms with Gasteiger partial charge < -0.3 is 5.32 Å². The van der Waals surface area contributed by atoms with Crippen LogP contribution in [0.25, 0.3) is 5.69 Å². The number of hydrogen-bond acceptors (Lipinski definition) is 3. The van der Waals surface area contributed by atoms with Gasteiger partial charge in [-0.1, -0.05) is 36.4 Å². The number of alkyl halides is 3. The Hall–Kier alpha value is -4.47. The minimum absolute atomic E-state index is 0.237. The van der Waals surface area contributed by atoms with E-state index < -0.39 is 41.3 Å². The fraction of sp³-hybridized carbons (Fsp3) is 0.179. The van der Waals surface area contributed by atoms with Gasteiger partial charge >= 0.3 is 6.18 Å². The van der Waals surface area contributed by atoms with E-state index in [1.54, 1.807) is 17.8 Å². The SMILES string of the molecule is CCN1C(=O)C(NC(=O)c2cccc(C(F)(F)F)c2)C(c2ccc(F)cc2)c2cnn(-c3ccccc3)c21. The molecule has 0 aliphatic carbocycles. The highest BCUT2D eigenvalue weighted by atomic mass is 19.4. The third-order valence-electron chi connectivity index (χ3n) is 6.51. The largest absolute Gasteiger partial charge is 0.416 e. The molecule has 1 aliphatic rings. The summed E-state index contributed by atoms with van der Waals surface area (Å²) in [4.78, 5) is 28.5. The molecule has 10 heteroatoms. The van der Waals surface area contributed by atoms with Gasteiger partial charge in [-0.05, 0) is 55.0 Å². The average molecular weight is 523 g/mol. The van der Waals surface area contributed by atoms with E-state index in [4.69, 9.17) is 0 Å². The van der Waals surface area contributed by atoms with Crippen molar-refractivity contribution in [3.8, 4) is 5.69 Å². The molecule has 1 aliphatic heterocycles. The summed E-state index contributed by atoms with van der Waals surface area (Å²) in [7, 11) is 0. The molecule has 0 bridgehead atoms. The van der Waals surface area contributed by atoms with E-state index in [0.717, 1.165) is 18.2 Å². The zero-order chi connectivity index (χ0) is 27.0. The first-order chi connectivity index (χ1) is 18.2. The lowest BCUT2D eigenvalue weighted by molar-refractivity contribution is -0.137. The van der Waals surface area contributed by atoms with Crippen molar-refractivity contribution in [2.45, 2.75) is 25.1 Å². The Kier molecular flexibility index (Phi) is 6.48. The van der Waals surface area contributed by atoms with Crippen molar-refractivity contribution >= 4 is 17.6 Å². The summed E-state index contributed by atoms with van der Waals surface area (Å²) < 4.78 is 55.1. The summed E-state index contributed by atoms with van der Waals surface area (Å²) in [6, 6.07) is 17.5. The average Bonchev–Trinajstić information content (AvgIpc) is 3.34. The van der Waals surface area contributed by atoms with Crippen molar-refractivity contribution in [1.82, 2.24) is 15.1 Å². The highest BCUT2D eigenvalue weighted by molar-refractivity contribution is 6.05.